The van der Waals surface area contributed by atoms with Crippen LogP contribution in [0.3, 0.4) is 0 Å². The first-order valence-corrected chi connectivity index (χ1v) is 8.56. The Bertz CT molecular complexity index is 537. The summed E-state index contributed by atoms with van der Waals surface area (Å²) in [7, 11) is -0.737. The van der Waals surface area contributed by atoms with Crippen molar-refractivity contribution in [2.45, 2.75) is 51.4 Å². The highest BCUT2D eigenvalue weighted by Crippen LogP contribution is 2.72. The van der Waals surface area contributed by atoms with Crippen LogP contribution >= 0.6 is 8.15 Å². The Morgan fingerprint density at radius 3 is 2.33 bits per heavy atom. The average Bonchev–Trinajstić information content (AvgIpc) is 2.47. The molecule has 1 aromatic carbocycles. The summed E-state index contributed by atoms with van der Waals surface area (Å²) in [6, 6.07) is 10.5. The summed E-state index contributed by atoms with van der Waals surface area (Å²) in [6.45, 7) is 10.8. The second-order valence-corrected chi connectivity index (χ2v) is 8.87. The van der Waals surface area contributed by atoms with E-state index < -0.39 is 8.15 Å². The predicted molar refractivity (Wildman–Crippen MR) is 91.0 cm³/mol. The van der Waals surface area contributed by atoms with Crippen LogP contribution in [0.25, 0.3) is 0 Å². The number of nitrogens with one attached hydrogen (secondary N) is 2. The molecule has 0 aliphatic carbocycles. The molecule has 2 N–H and O–H groups in total. The van der Waals surface area contributed by atoms with Gasteiger partial charge in [0.1, 0.15) is 0 Å². The maximum Gasteiger partial charge on any atom is 0.0788 e. The average molecular weight is 304 g/mol. The van der Waals surface area contributed by atoms with Gasteiger partial charge in [0.25, 0.3) is 0 Å². The molecule has 1 saturated heterocycles. The molecule has 1 aliphatic rings. The van der Waals surface area contributed by atoms with E-state index >= 15 is 0 Å². The third-order valence-corrected chi connectivity index (χ3v) is 7.38. The van der Waals surface area contributed by atoms with Crippen molar-refractivity contribution in [1.29, 1.82) is 5.41 Å². The molecule has 0 spiro atoms. The van der Waals surface area contributed by atoms with Crippen molar-refractivity contribution in [2.24, 2.45) is 0 Å². The Balaban J connectivity index is 2.07. The number of rotatable bonds is 5. The minimum Gasteiger partial charge on any atom is -0.384 e. The fraction of sp³-hybridized carbons (Fsp3) is 0.471. The molecule has 1 fully saturated rings. The molecule has 2 atom stereocenters. The SMILES string of the molecule is CC(N/C=C(\C=N)P1OC(C)(C)C1(C)C)c1ccccc1. The van der Waals surface area contributed by atoms with Gasteiger partial charge in [-0.1, -0.05) is 44.2 Å². The van der Waals surface area contributed by atoms with Crippen LogP contribution in [0.2, 0.25) is 0 Å². The van der Waals surface area contributed by atoms with Gasteiger partial charge in [0.2, 0.25) is 0 Å². The van der Waals surface area contributed by atoms with Gasteiger partial charge in [-0.05, 0) is 26.3 Å². The van der Waals surface area contributed by atoms with Crippen LogP contribution in [0.15, 0.2) is 41.8 Å². The highest BCUT2D eigenvalue weighted by atomic mass is 31.1. The van der Waals surface area contributed by atoms with E-state index in [4.69, 9.17) is 9.93 Å². The normalized spacial score (nSPS) is 24.8. The van der Waals surface area contributed by atoms with Gasteiger partial charge in [-0.2, -0.15) is 0 Å². The minimum atomic E-state index is -0.737. The first kappa shape index (κ1) is 16.2. The lowest BCUT2D eigenvalue weighted by atomic mass is 9.93. The molecule has 4 heteroatoms. The summed E-state index contributed by atoms with van der Waals surface area (Å²) in [5, 5.41) is 12.1. The van der Waals surface area contributed by atoms with E-state index in [2.05, 4.69) is 52.1 Å². The minimum absolute atomic E-state index is 0.0867. The summed E-state index contributed by atoms with van der Waals surface area (Å²) in [4.78, 5) is 0. The smallest absolute Gasteiger partial charge is 0.0788 e. The number of benzene rings is 1. The number of hydrogen-bond donors (Lipinski definition) is 2. The van der Waals surface area contributed by atoms with Crippen LogP contribution in [0.1, 0.15) is 46.2 Å². The molecule has 114 valence electrons. The van der Waals surface area contributed by atoms with Gasteiger partial charge in [-0.15, -0.1) is 0 Å². The molecule has 0 bridgehead atoms. The molecule has 2 rings (SSSR count). The van der Waals surface area contributed by atoms with E-state index in [1.807, 2.05) is 24.4 Å². The van der Waals surface area contributed by atoms with Gasteiger partial charge in [0, 0.05) is 28.9 Å². The molecular weight excluding hydrogens is 279 g/mol. The van der Waals surface area contributed by atoms with Crippen LogP contribution in [-0.2, 0) is 4.52 Å². The van der Waals surface area contributed by atoms with Gasteiger partial charge in [0.05, 0.1) is 13.7 Å². The van der Waals surface area contributed by atoms with Gasteiger partial charge in [-0.25, -0.2) is 0 Å². The van der Waals surface area contributed by atoms with E-state index in [9.17, 15) is 0 Å². The van der Waals surface area contributed by atoms with E-state index in [1.54, 1.807) is 0 Å². The highest BCUT2D eigenvalue weighted by molar-refractivity contribution is 7.61. The second kappa shape index (κ2) is 5.90. The van der Waals surface area contributed by atoms with E-state index in [1.165, 1.54) is 11.8 Å². The van der Waals surface area contributed by atoms with Crippen molar-refractivity contribution in [3.63, 3.8) is 0 Å². The van der Waals surface area contributed by atoms with Crippen LogP contribution in [-0.4, -0.2) is 17.0 Å². The van der Waals surface area contributed by atoms with Gasteiger partial charge >= 0.3 is 0 Å². The summed E-state index contributed by atoms with van der Waals surface area (Å²) in [5.74, 6) is 0. The van der Waals surface area contributed by atoms with Crippen molar-refractivity contribution in [3.8, 4) is 0 Å². The van der Waals surface area contributed by atoms with Crippen LogP contribution in [0, 0.1) is 5.41 Å². The summed E-state index contributed by atoms with van der Waals surface area (Å²) in [5.41, 5.74) is 1.12. The molecule has 1 aromatic rings. The van der Waals surface area contributed by atoms with E-state index in [-0.39, 0.29) is 16.8 Å². The predicted octanol–water partition coefficient (Wildman–Crippen LogP) is 4.81. The summed E-state index contributed by atoms with van der Waals surface area (Å²) >= 11 is 0. The van der Waals surface area contributed by atoms with Crippen molar-refractivity contribution < 1.29 is 4.52 Å². The third-order valence-electron chi connectivity index (χ3n) is 4.46. The summed E-state index contributed by atoms with van der Waals surface area (Å²) < 4.78 is 6.04. The maximum atomic E-state index is 7.69. The van der Waals surface area contributed by atoms with E-state index in [0.717, 1.165) is 5.31 Å². The Kier molecular flexibility index (Phi) is 4.55. The molecule has 1 heterocycles. The van der Waals surface area contributed by atoms with Crippen molar-refractivity contribution in [2.75, 3.05) is 0 Å². The molecule has 0 saturated carbocycles. The molecule has 21 heavy (non-hydrogen) atoms. The Morgan fingerprint density at radius 1 is 1.24 bits per heavy atom. The van der Waals surface area contributed by atoms with Crippen molar-refractivity contribution in [1.82, 2.24) is 5.32 Å². The topological polar surface area (TPSA) is 45.1 Å². The largest absolute Gasteiger partial charge is 0.384 e. The fourth-order valence-corrected chi connectivity index (χ4v) is 4.62. The quantitative estimate of drug-likeness (QED) is 0.605. The fourth-order valence-electron chi connectivity index (χ4n) is 2.24. The lowest BCUT2D eigenvalue weighted by molar-refractivity contribution is 0.0279. The van der Waals surface area contributed by atoms with E-state index in [0.29, 0.717) is 0 Å². The number of allylic oxidation sites excluding steroid dienone is 1. The third kappa shape index (κ3) is 3.04. The zero-order valence-electron chi connectivity index (χ0n) is 13.5. The van der Waals surface area contributed by atoms with Gasteiger partial charge in [-0.3, -0.25) is 0 Å². The van der Waals surface area contributed by atoms with Crippen LogP contribution in [0.5, 0.6) is 0 Å². The zero-order chi connectivity index (χ0) is 15.7. The standard InChI is InChI=1S/C17H25N2OP/c1-13(14-9-7-6-8-10-14)19-12-15(11-18)21-17(4,5)16(2,3)20-21/h6-13,18-19H,1-5H3/b15-12+,18-11?. The Hall–Kier alpha value is -1.18. The molecule has 0 aromatic heterocycles. The molecule has 3 nitrogen and oxygen atoms in total. The Labute approximate surface area is 129 Å². The lowest BCUT2D eigenvalue weighted by Gasteiger charge is -2.57. The van der Waals surface area contributed by atoms with Crippen molar-refractivity contribution >= 4 is 14.4 Å². The molecule has 1 aliphatic heterocycles. The second-order valence-electron chi connectivity index (χ2n) is 6.47. The Morgan fingerprint density at radius 2 is 1.86 bits per heavy atom. The zero-order valence-corrected chi connectivity index (χ0v) is 14.4. The maximum absolute atomic E-state index is 7.69. The first-order chi connectivity index (χ1) is 9.79. The molecule has 0 radical (unpaired) electrons. The van der Waals surface area contributed by atoms with Crippen molar-refractivity contribution in [3.05, 3.63) is 47.4 Å². The molecule has 0 amide bonds. The lowest BCUT2D eigenvalue weighted by Crippen LogP contribution is -2.54. The van der Waals surface area contributed by atoms with Gasteiger partial charge < -0.3 is 15.2 Å². The molecule has 2 unspecified atom stereocenters. The monoisotopic (exact) mass is 304 g/mol. The van der Waals surface area contributed by atoms with Gasteiger partial charge in [0.15, 0.2) is 0 Å². The highest BCUT2D eigenvalue weighted by Gasteiger charge is 2.57. The number of hydrogen-bond acceptors (Lipinski definition) is 3. The molecular formula is C17H25N2OP. The summed E-state index contributed by atoms with van der Waals surface area (Å²) in [6.07, 6.45) is 3.38. The van der Waals surface area contributed by atoms with Crippen LogP contribution in [0.4, 0.5) is 0 Å². The van der Waals surface area contributed by atoms with Crippen LogP contribution < -0.4 is 5.32 Å². The first-order valence-electron chi connectivity index (χ1n) is 7.30.